The highest BCUT2D eigenvalue weighted by Gasteiger charge is 1.99. The second-order valence-corrected chi connectivity index (χ2v) is 3.94. The summed E-state index contributed by atoms with van der Waals surface area (Å²) in [5, 5.41) is 9.02. The maximum Gasteiger partial charge on any atom is 0.0560 e. The number of hydrogen-bond acceptors (Lipinski definition) is 2. The van der Waals surface area contributed by atoms with E-state index < -0.39 is 0 Å². The van der Waals surface area contributed by atoms with Gasteiger partial charge in [-0.15, -0.1) is 11.3 Å². The zero-order chi connectivity index (χ0) is 7.56. The van der Waals surface area contributed by atoms with Gasteiger partial charge in [-0.05, 0) is 26.0 Å². The lowest BCUT2D eigenvalue weighted by Crippen LogP contribution is -2.01. The molecule has 0 spiro atoms. The van der Waals surface area contributed by atoms with Crippen molar-refractivity contribution < 1.29 is 5.11 Å². The molecule has 1 nitrogen and oxygen atoms in total. The molecule has 1 rings (SSSR count). The van der Waals surface area contributed by atoms with Crippen molar-refractivity contribution in [3.63, 3.8) is 0 Å². The molecule has 1 aromatic rings. The molecule has 56 valence electrons. The summed E-state index contributed by atoms with van der Waals surface area (Å²) in [6.45, 7) is 3.89. The van der Waals surface area contributed by atoms with Crippen LogP contribution in [0.5, 0.6) is 0 Å². The lowest BCUT2D eigenvalue weighted by molar-refractivity contribution is 0.196. The maximum absolute atomic E-state index is 9.02. The van der Waals surface area contributed by atoms with Crippen molar-refractivity contribution in [3.05, 3.63) is 21.9 Å². The van der Waals surface area contributed by atoms with Gasteiger partial charge in [-0.2, -0.15) is 0 Å². The van der Waals surface area contributed by atoms with Gasteiger partial charge in [0.1, 0.15) is 0 Å². The highest BCUT2D eigenvalue weighted by atomic mass is 32.1. The van der Waals surface area contributed by atoms with E-state index in [0.29, 0.717) is 0 Å². The minimum absolute atomic E-state index is 0.210. The van der Waals surface area contributed by atoms with E-state index in [1.165, 1.54) is 9.75 Å². The van der Waals surface area contributed by atoms with Crippen molar-refractivity contribution in [1.29, 1.82) is 0 Å². The van der Waals surface area contributed by atoms with Crippen LogP contribution in [0.15, 0.2) is 12.1 Å². The van der Waals surface area contributed by atoms with Crippen LogP contribution in [0, 0.1) is 6.92 Å². The van der Waals surface area contributed by atoms with Crippen LogP contribution < -0.4 is 0 Å². The Balaban J connectivity index is 2.58. The molecule has 0 aliphatic carbocycles. The molecular formula is C8H12OS. The average molecular weight is 156 g/mol. The molecule has 1 N–H and O–H groups in total. The van der Waals surface area contributed by atoms with E-state index >= 15 is 0 Å². The molecule has 10 heavy (non-hydrogen) atoms. The number of rotatable bonds is 2. The SMILES string of the molecule is Cc1ccc(C[C@@H](C)O)s1. The van der Waals surface area contributed by atoms with Crippen LogP contribution in [0.1, 0.15) is 16.7 Å². The summed E-state index contributed by atoms with van der Waals surface area (Å²) in [5.74, 6) is 0. The zero-order valence-electron chi connectivity index (χ0n) is 6.29. The molecule has 0 radical (unpaired) electrons. The van der Waals surface area contributed by atoms with Crippen LogP contribution in [0.25, 0.3) is 0 Å². The third-order valence-electron chi connectivity index (χ3n) is 1.29. The Bertz CT molecular complexity index is 203. The van der Waals surface area contributed by atoms with Gasteiger partial charge in [0.2, 0.25) is 0 Å². The Hall–Kier alpha value is -0.340. The van der Waals surface area contributed by atoms with E-state index in [1.54, 1.807) is 11.3 Å². The highest BCUT2D eigenvalue weighted by Crippen LogP contribution is 2.16. The van der Waals surface area contributed by atoms with Crippen molar-refractivity contribution >= 4 is 11.3 Å². The Morgan fingerprint density at radius 2 is 2.30 bits per heavy atom. The van der Waals surface area contributed by atoms with Crippen molar-refractivity contribution in [2.45, 2.75) is 26.4 Å². The molecule has 0 unspecified atom stereocenters. The molecular weight excluding hydrogens is 144 g/mol. The summed E-state index contributed by atoms with van der Waals surface area (Å²) in [7, 11) is 0. The largest absolute Gasteiger partial charge is 0.393 e. The third-order valence-corrected chi connectivity index (χ3v) is 2.32. The summed E-state index contributed by atoms with van der Waals surface area (Å²) in [6, 6.07) is 4.16. The van der Waals surface area contributed by atoms with Crippen LogP contribution in [-0.2, 0) is 6.42 Å². The van der Waals surface area contributed by atoms with Gasteiger partial charge in [0, 0.05) is 16.2 Å². The second kappa shape index (κ2) is 3.17. The highest BCUT2D eigenvalue weighted by molar-refractivity contribution is 7.11. The van der Waals surface area contributed by atoms with Crippen molar-refractivity contribution in [3.8, 4) is 0 Å². The molecule has 0 fully saturated rings. The average Bonchev–Trinajstić information content (AvgIpc) is 2.13. The fourth-order valence-electron chi connectivity index (χ4n) is 0.886. The van der Waals surface area contributed by atoms with Gasteiger partial charge in [-0.3, -0.25) is 0 Å². The van der Waals surface area contributed by atoms with Gasteiger partial charge >= 0.3 is 0 Å². The molecule has 1 heterocycles. The van der Waals surface area contributed by atoms with E-state index in [1.807, 2.05) is 6.92 Å². The Labute approximate surface area is 65.3 Å². The molecule has 0 aliphatic heterocycles. The quantitative estimate of drug-likeness (QED) is 0.694. The summed E-state index contributed by atoms with van der Waals surface area (Å²) in [5.41, 5.74) is 0. The van der Waals surface area contributed by atoms with Gasteiger partial charge in [0.25, 0.3) is 0 Å². The molecule has 2 heteroatoms. The zero-order valence-corrected chi connectivity index (χ0v) is 7.11. The molecule has 0 bridgehead atoms. The second-order valence-electron chi connectivity index (χ2n) is 2.57. The predicted octanol–water partition coefficient (Wildman–Crippen LogP) is 1.98. The van der Waals surface area contributed by atoms with Crippen LogP contribution in [0.2, 0.25) is 0 Å². The molecule has 0 amide bonds. The van der Waals surface area contributed by atoms with Crippen molar-refractivity contribution in [1.82, 2.24) is 0 Å². The first-order valence-corrected chi connectivity index (χ1v) is 4.23. The molecule has 1 atom stereocenters. The summed E-state index contributed by atoms with van der Waals surface area (Å²) >= 11 is 1.76. The summed E-state index contributed by atoms with van der Waals surface area (Å²) in [4.78, 5) is 2.59. The normalized spacial score (nSPS) is 13.5. The maximum atomic E-state index is 9.02. The van der Waals surface area contributed by atoms with Gasteiger partial charge in [0.15, 0.2) is 0 Å². The predicted molar refractivity (Wildman–Crippen MR) is 44.4 cm³/mol. The van der Waals surface area contributed by atoms with Crippen LogP contribution in [0.4, 0.5) is 0 Å². The van der Waals surface area contributed by atoms with E-state index in [4.69, 9.17) is 5.11 Å². The van der Waals surface area contributed by atoms with E-state index in [2.05, 4.69) is 19.1 Å². The number of hydrogen-bond donors (Lipinski definition) is 1. The minimum atomic E-state index is -0.210. The van der Waals surface area contributed by atoms with Crippen LogP contribution in [0.3, 0.4) is 0 Å². The molecule has 0 aromatic carbocycles. The number of aliphatic hydroxyl groups excluding tert-OH is 1. The van der Waals surface area contributed by atoms with Gasteiger partial charge in [0.05, 0.1) is 6.10 Å². The fourth-order valence-corrected chi connectivity index (χ4v) is 1.90. The van der Waals surface area contributed by atoms with Crippen molar-refractivity contribution in [2.75, 3.05) is 0 Å². The van der Waals surface area contributed by atoms with Gasteiger partial charge < -0.3 is 5.11 Å². The Morgan fingerprint density at radius 1 is 1.60 bits per heavy atom. The van der Waals surface area contributed by atoms with Crippen LogP contribution >= 0.6 is 11.3 Å². The molecule has 0 saturated carbocycles. The van der Waals surface area contributed by atoms with E-state index in [-0.39, 0.29) is 6.10 Å². The Kier molecular flexibility index (Phi) is 2.46. The van der Waals surface area contributed by atoms with Gasteiger partial charge in [-0.1, -0.05) is 0 Å². The first-order valence-electron chi connectivity index (χ1n) is 3.42. The summed E-state index contributed by atoms with van der Waals surface area (Å²) < 4.78 is 0. The van der Waals surface area contributed by atoms with Crippen molar-refractivity contribution in [2.24, 2.45) is 0 Å². The first kappa shape index (κ1) is 7.76. The van der Waals surface area contributed by atoms with Crippen LogP contribution in [-0.4, -0.2) is 11.2 Å². The fraction of sp³-hybridized carbons (Fsp3) is 0.500. The monoisotopic (exact) mass is 156 g/mol. The number of aryl methyl sites for hydroxylation is 1. The molecule has 0 aliphatic rings. The number of thiophene rings is 1. The Morgan fingerprint density at radius 3 is 2.70 bits per heavy atom. The molecule has 0 saturated heterocycles. The lowest BCUT2D eigenvalue weighted by Gasteiger charge is -1.98. The standard InChI is InChI=1S/C8H12OS/c1-6(9)5-8-4-3-7(2)10-8/h3-4,6,9H,5H2,1-2H3/t6-/m1/s1. The lowest BCUT2D eigenvalue weighted by atomic mass is 10.2. The van der Waals surface area contributed by atoms with Gasteiger partial charge in [-0.25, -0.2) is 0 Å². The number of aliphatic hydroxyl groups is 1. The van der Waals surface area contributed by atoms with E-state index in [0.717, 1.165) is 6.42 Å². The van der Waals surface area contributed by atoms with E-state index in [9.17, 15) is 0 Å². The minimum Gasteiger partial charge on any atom is -0.393 e. The summed E-state index contributed by atoms with van der Waals surface area (Å²) in [6.07, 6.45) is 0.580. The first-order chi connectivity index (χ1) is 4.68. The topological polar surface area (TPSA) is 20.2 Å². The molecule has 1 aromatic heterocycles. The smallest absolute Gasteiger partial charge is 0.0560 e. The third kappa shape index (κ3) is 2.12.